The van der Waals surface area contributed by atoms with Gasteiger partial charge >= 0.3 is 0 Å². The number of nitrogens with one attached hydrogen (secondary N) is 1. The Morgan fingerprint density at radius 2 is 2.04 bits per heavy atom. The van der Waals surface area contributed by atoms with E-state index in [2.05, 4.69) is 24.4 Å². The van der Waals surface area contributed by atoms with E-state index in [-0.39, 0.29) is 17.9 Å². The summed E-state index contributed by atoms with van der Waals surface area (Å²) in [6, 6.07) is 10.1. The van der Waals surface area contributed by atoms with Crippen LogP contribution in [0.3, 0.4) is 0 Å². The van der Waals surface area contributed by atoms with Gasteiger partial charge in [-0.3, -0.25) is 9.59 Å². The number of hydrogen-bond acceptors (Lipinski definition) is 2. The molecule has 1 N–H and O–H groups in total. The normalized spacial score (nSPS) is 18.7. The highest BCUT2D eigenvalue weighted by atomic mass is 16.2. The number of hydrogen-bond donors (Lipinski definition) is 1. The number of benzene rings is 1. The summed E-state index contributed by atoms with van der Waals surface area (Å²) >= 11 is 0. The predicted molar refractivity (Wildman–Crippen MR) is 92.1 cm³/mol. The van der Waals surface area contributed by atoms with Crippen LogP contribution in [0, 0.1) is 0 Å². The first-order chi connectivity index (χ1) is 11.1. The molecule has 0 aliphatic carbocycles. The molecule has 4 heteroatoms. The second kappa shape index (κ2) is 8.70. The van der Waals surface area contributed by atoms with E-state index in [0.717, 1.165) is 32.2 Å². The fraction of sp³-hybridized carbons (Fsp3) is 0.579. The van der Waals surface area contributed by atoms with Crippen LogP contribution in [0.15, 0.2) is 30.3 Å². The third-order valence-corrected chi connectivity index (χ3v) is 4.58. The standard InChI is InChI=1S/C19H28N2O2/c1-3-8-18(22)21-14-7-11-17(21)19(23)20-13-12-15(2)16-9-5-4-6-10-16/h4-6,9-10,15,17H,3,7-8,11-14H2,1-2H3,(H,20,23)/t15-,17+/m1/s1. The summed E-state index contributed by atoms with van der Waals surface area (Å²) in [4.78, 5) is 26.2. The maximum absolute atomic E-state index is 12.4. The summed E-state index contributed by atoms with van der Waals surface area (Å²) in [6.07, 6.45) is 3.99. The van der Waals surface area contributed by atoms with Crippen LogP contribution in [0.2, 0.25) is 0 Å². The van der Waals surface area contributed by atoms with Crippen molar-refractivity contribution in [3.05, 3.63) is 35.9 Å². The highest BCUT2D eigenvalue weighted by molar-refractivity contribution is 5.88. The minimum Gasteiger partial charge on any atom is -0.354 e. The van der Waals surface area contributed by atoms with Crippen LogP contribution in [-0.2, 0) is 9.59 Å². The molecule has 1 saturated heterocycles. The number of likely N-dealkylation sites (tertiary alicyclic amines) is 1. The Hall–Kier alpha value is -1.84. The van der Waals surface area contributed by atoms with Crippen molar-refractivity contribution in [1.82, 2.24) is 10.2 Å². The lowest BCUT2D eigenvalue weighted by Gasteiger charge is -2.24. The van der Waals surface area contributed by atoms with Crippen LogP contribution in [0.4, 0.5) is 0 Å². The quantitative estimate of drug-likeness (QED) is 0.840. The van der Waals surface area contributed by atoms with Crippen molar-refractivity contribution in [1.29, 1.82) is 0 Å². The number of rotatable bonds is 7. The maximum Gasteiger partial charge on any atom is 0.242 e. The smallest absolute Gasteiger partial charge is 0.242 e. The fourth-order valence-corrected chi connectivity index (χ4v) is 3.17. The second-order valence-corrected chi connectivity index (χ2v) is 6.39. The lowest BCUT2D eigenvalue weighted by atomic mass is 9.98. The summed E-state index contributed by atoms with van der Waals surface area (Å²) in [6.45, 7) is 5.54. The molecule has 0 bridgehead atoms. The molecule has 0 radical (unpaired) electrons. The zero-order valence-electron chi connectivity index (χ0n) is 14.3. The van der Waals surface area contributed by atoms with Crippen LogP contribution in [0.5, 0.6) is 0 Å². The van der Waals surface area contributed by atoms with Crippen LogP contribution >= 0.6 is 0 Å². The number of carbonyl (C=O) groups excluding carboxylic acids is 2. The lowest BCUT2D eigenvalue weighted by Crippen LogP contribution is -2.46. The van der Waals surface area contributed by atoms with E-state index in [4.69, 9.17) is 0 Å². The van der Waals surface area contributed by atoms with Gasteiger partial charge in [-0.05, 0) is 37.2 Å². The average Bonchev–Trinajstić information content (AvgIpc) is 3.05. The number of amides is 2. The van der Waals surface area contributed by atoms with E-state index < -0.39 is 0 Å². The predicted octanol–water partition coefficient (Wildman–Crippen LogP) is 3.09. The molecule has 4 nitrogen and oxygen atoms in total. The molecule has 2 rings (SSSR count). The van der Waals surface area contributed by atoms with Gasteiger partial charge in [-0.1, -0.05) is 44.2 Å². The molecule has 1 fully saturated rings. The molecular weight excluding hydrogens is 288 g/mol. The Morgan fingerprint density at radius 1 is 1.30 bits per heavy atom. The van der Waals surface area contributed by atoms with Gasteiger partial charge in [0.25, 0.3) is 0 Å². The molecule has 1 aliphatic rings. The Bertz CT molecular complexity index is 515. The van der Waals surface area contributed by atoms with Crippen LogP contribution in [-0.4, -0.2) is 35.8 Å². The molecule has 2 amide bonds. The van der Waals surface area contributed by atoms with E-state index in [1.165, 1.54) is 5.56 Å². The zero-order valence-corrected chi connectivity index (χ0v) is 14.3. The minimum absolute atomic E-state index is 0.00668. The van der Waals surface area contributed by atoms with Gasteiger partial charge < -0.3 is 10.2 Å². The van der Waals surface area contributed by atoms with E-state index in [9.17, 15) is 9.59 Å². The summed E-state index contributed by atoms with van der Waals surface area (Å²) in [7, 11) is 0. The van der Waals surface area contributed by atoms with Gasteiger partial charge in [-0.2, -0.15) is 0 Å². The summed E-state index contributed by atoms with van der Waals surface area (Å²) in [5.74, 6) is 0.535. The molecule has 2 atom stereocenters. The summed E-state index contributed by atoms with van der Waals surface area (Å²) < 4.78 is 0. The van der Waals surface area contributed by atoms with Gasteiger partial charge in [-0.25, -0.2) is 0 Å². The van der Waals surface area contributed by atoms with Crippen LogP contribution < -0.4 is 5.32 Å². The molecule has 0 saturated carbocycles. The first kappa shape index (κ1) is 17.5. The molecule has 0 spiro atoms. The largest absolute Gasteiger partial charge is 0.354 e. The first-order valence-electron chi connectivity index (χ1n) is 8.75. The molecule has 0 aromatic heterocycles. The Morgan fingerprint density at radius 3 is 2.74 bits per heavy atom. The third-order valence-electron chi connectivity index (χ3n) is 4.58. The van der Waals surface area contributed by atoms with Crippen LogP contribution in [0.1, 0.15) is 57.4 Å². The van der Waals surface area contributed by atoms with Crippen molar-refractivity contribution in [3.8, 4) is 0 Å². The molecule has 126 valence electrons. The highest BCUT2D eigenvalue weighted by Gasteiger charge is 2.33. The molecule has 1 heterocycles. The Kier molecular flexibility index (Phi) is 6.63. The second-order valence-electron chi connectivity index (χ2n) is 6.39. The first-order valence-corrected chi connectivity index (χ1v) is 8.75. The minimum atomic E-state index is -0.263. The third kappa shape index (κ3) is 4.81. The molecule has 1 aromatic carbocycles. The molecule has 1 aliphatic heterocycles. The average molecular weight is 316 g/mol. The van der Waals surface area contributed by atoms with E-state index in [1.807, 2.05) is 25.1 Å². The van der Waals surface area contributed by atoms with Crippen molar-refractivity contribution in [2.75, 3.05) is 13.1 Å². The van der Waals surface area contributed by atoms with E-state index in [0.29, 0.717) is 18.9 Å². The van der Waals surface area contributed by atoms with Crippen molar-refractivity contribution in [2.24, 2.45) is 0 Å². The van der Waals surface area contributed by atoms with Gasteiger partial charge in [-0.15, -0.1) is 0 Å². The fourth-order valence-electron chi connectivity index (χ4n) is 3.17. The van der Waals surface area contributed by atoms with Gasteiger partial charge in [0, 0.05) is 19.5 Å². The lowest BCUT2D eigenvalue weighted by molar-refractivity contribution is -0.138. The van der Waals surface area contributed by atoms with Crippen molar-refractivity contribution in [3.63, 3.8) is 0 Å². The summed E-state index contributed by atoms with van der Waals surface area (Å²) in [5, 5.41) is 3.02. The van der Waals surface area contributed by atoms with E-state index >= 15 is 0 Å². The van der Waals surface area contributed by atoms with Crippen molar-refractivity contribution < 1.29 is 9.59 Å². The topological polar surface area (TPSA) is 49.4 Å². The monoisotopic (exact) mass is 316 g/mol. The van der Waals surface area contributed by atoms with Crippen molar-refractivity contribution in [2.45, 2.75) is 57.9 Å². The van der Waals surface area contributed by atoms with E-state index in [1.54, 1.807) is 4.90 Å². The number of nitrogens with zero attached hydrogens (tertiary/aromatic N) is 1. The SMILES string of the molecule is CCCC(=O)N1CCC[C@H]1C(=O)NCC[C@@H](C)c1ccccc1. The molecular formula is C19H28N2O2. The molecule has 0 unspecified atom stereocenters. The number of carbonyl (C=O) groups is 2. The molecule has 23 heavy (non-hydrogen) atoms. The van der Waals surface area contributed by atoms with Crippen LogP contribution in [0.25, 0.3) is 0 Å². The van der Waals surface area contributed by atoms with Crippen molar-refractivity contribution >= 4 is 11.8 Å². The van der Waals surface area contributed by atoms with Gasteiger partial charge in [0.2, 0.25) is 11.8 Å². The summed E-state index contributed by atoms with van der Waals surface area (Å²) in [5.41, 5.74) is 1.29. The highest BCUT2D eigenvalue weighted by Crippen LogP contribution is 2.20. The van der Waals surface area contributed by atoms with Gasteiger partial charge in [0.1, 0.15) is 6.04 Å². The van der Waals surface area contributed by atoms with Gasteiger partial charge in [0.15, 0.2) is 0 Å². The zero-order chi connectivity index (χ0) is 16.7. The molecule has 1 aromatic rings. The van der Waals surface area contributed by atoms with Gasteiger partial charge in [0.05, 0.1) is 0 Å². The maximum atomic E-state index is 12.4. The Balaban J connectivity index is 1.79. The Labute approximate surface area is 139 Å².